The fourth-order valence-electron chi connectivity index (χ4n) is 4.02. The van der Waals surface area contributed by atoms with Crippen molar-refractivity contribution in [1.82, 2.24) is 29.5 Å². The summed E-state index contributed by atoms with van der Waals surface area (Å²) in [4.78, 5) is 22.6. The number of anilines is 3. The van der Waals surface area contributed by atoms with Crippen LogP contribution in [0.4, 0.5) is 17.6 Å². The van der Waals surface area contributed by atoms with E-state index in [4.69, 9.17) is 4.98 Å². The Morgan fingerprint density at radius 2 is 1.75 bits per heavy atom. The minimum absolute atomic E-state index is 0.128. The number of aryl methyl sites for hydroxylation is 2. The number of hydrogen-bond acceptors (Lipinski definition) is 7. The highest BCUT2D eigenvalue weighted by molar-refractivity contribution is 5.61. The smallest absolute Gasteiger partial charge is 0.224 e. The van der Waals surface area contributed by atoms with E-state index in [2.05, 4.69) is 66.3 Å². The van der Waals surface area contributed by atoms with Gasteiger partial charge in [0.1, 0.15) is 17.5 Å². The molecule has 0 saturated carbocycles. The van der Waals surface area contributed by atoms with E-state index in [1.165, 1.54) is 5.56 Å². The van der Waals surface area contributed by atoms with E-state index in [0.29, 0.717) is 23.4 Å². The van der Waals surface area contributed by atoms with Crippen molar-refractivity contribution in [3.8, 4) is 17.1 Å². The summed E-state index contributed by atoms with van der Waals surface area (Å²) in [5.74, 6) is 3.57. The summed E-state index contributed by atoms with van der Waals surface area (Å²) in [5, 5.41) is 6.76. The lowest BCUT2D eigenvalue weighted by molar-refractivity contribution is 0.776. The zero-order valence-corrected chi connectivity index (χ0v) is 20.6. The van der Waals surface area contributed by atoms with E-state index < -0.39 is 0 Å². The topological polar surface area (TPSA) is 93.4 Å². The molecule has 0 radical (unpaired) electrons. The van der Waals surface area contributed by atoms with Crippen molar-refractivity contribution in [3.05, 3.63) is 102 Å². The number of benzene rings is 2. The summed E-state index contributed by atoms with van der Waals surface area (Å²) in [5.41, 5.74) is 4.22. The highest BCUT2D eigenvalue weighted by Crippen LogP contribution is 2.21. The minimum Gasteiger partial charge on any atom is -0.351 e. The molecule has 0 amide bonds. The maximum absolute atomic E-state index is 4.72. The second-order valence-electron chi connectivity index (χ2n) is 8.75. The fourth-order valence-corrected chi connectivity index (χ4v) is 4.02. The third-order valence-corrected chi connectivity index (χ3v) is 5.84. The Morgan fingerprint density at radius 1 is 0.889 bits per heavy atom. The highest BCUT2D eigenvalue weighted by atomic mass is 15.2. The van der Waals surface area contributed by atoms with E-state index in [0.717, 1.165) is 29.1 Å². The summed E-state index contributed by atoms with van der Waals surface area (Å²) in [6.07, 6.45) is 8.18. The van der Waals surface area contributed by atoms with Crippen LogP contribution in [0.1, 0.15) is 23.9 Å². The lowest BCUT2D eigenvalue weighted by Crippen LogP contribution is -2.20. The molecule has 1 atom stereocenters. The van der Waals surface area contributed by atoms with Gasteiger partial charge in [0, 0.05) is 47.6 Å². The quantitative estimate of drug-likeness (QED) is 0.304. The summed E-state index contributed by atoms with van der Waals surface area (Å²) >= 11 is 0. The van der Waals surface area contributed by atoms with Crippen LogP contribution in [0.2, 0.25) is 0 Å². The lowest BCUT2D eigenvalue weighted by Gasteiger charge is -2.16. The molecule has 0 fully saturated rings. The Labute approximate surface area is 210 Å². The largest absolute Gasteiger partial charge is 0.351 e. The van der Waals surface area contributed by atoms with E-state index in [9.17, 15) is 0 Å². The normalized spacial score (nSPS) is 11.8. The molecular weight excluding hydrogens is 448 g/mol. The molecule has 0 spiro atoms. The summed E-state index contributed by atoms with van der Waals surface area (Å²) in [6.45, 7) is 6.10. The molecule has 8 heteroatoms. The number of hydrogen-bond donors (Lipinski definition) is 2. The first-order chi connectivity index (χ1) is 17.5. The van der Waals surface area contributed by atoms with Crippen molar-refractivity contribution in [2.24, 2.45) is 0 Å². The molecule has 3 aromatic heterocycles. The van der Waals surface area contributed by atoms with Crippen LogP contribution in [0.25, 0.3) is 17.1 Å². The Kier molecular flexibility index (Phi) is 6.66. The summed E-state index contributed by atoms with van der Waals surface area (Å²) in [7, 11) is 0. The molecule has 0 aliphatic rings. The van der Waals surface area contributed by atoms with Crippen LogP contribution in [0.3, 0.4) is 0 Å². The molecule has 0 bridgehead atoms. The second kappa shape index (κ2) is 10.4. The van der Waals surface area contributed by atoms with Crippen LogP contribution in [-0.4, -0.2) is 35.5 Å². The standard InChI is InChI=1S/C28H28N8/c1-19-18-31-28(32-20(2)16-22-8-7-11-24(17-22)36-15-14-29-21(36)3)35-26(19)33-25-12-13-30-27(34-25)23-9-5-4-6-10-23/h4-15,17-18,20H,16H2,1-3H3,(H2,30,31,32,33,34,35)/t20-/m0/s1. The molecule has 5 rings (SSSR count). The first-order valence-electron chi connectivity index (χ1n) is 11.9. The molecule has 2 N–H and O–H groups in total. The van der Waals surface area contributed by atoms with E-state index >= 15 is 0 Å². The van der Waals surface area contributed by atoms with Crippen LogP contribution in [0, 0.1) is 13.8 Å². The molecule has 36 heavy (non-hydrogen) atoms. The molecule has 8 nitrogen and oxygen atoms in total. The summed E-state index contributed by atoms with van der Waals surface area (Å²) < 4.78 is 2.08. The maximum atomic E-state index is 4.72. The van der Waals surface area contributed by atoms with Crippen molar-refractivity contribution < 1.29 is 0 Å². The minimum atomic E-state index is 0.128. The number of nitrogens with one attached hydrogen (secondary N) is 2. The van der Waals surface area contributed by atoms with E-state index in [1.54, 1.807) is 6.20 Å². The Hall–Kier alpha value is -4.59. The SMILES string of the molecule is Cc1cnc(N[C@@H](C)Cc2cccc(-n3ccnc3C)c2)nc1Nc1ccnc(-c2ccccc2)n1. The van der Waals surface area contributed by atoms with Gasteiger partial charge in [-0.2, -0.15) is 4.98 Å². The molecule has 0 saturated heterocycles. The number of nitrogens with zero attached hydrogens (tertiary/aromatic N) is 6. The molecule has 5 aromatic rings. The number of imidazole rings is 1. The van der Waals surface area contributed by atoms with Crippen LogP contribution >= 0.6 is 0 Å². The van der Waals surface area contributed by atoms with Gasteiger partial charge in [-0.25, -0.2) is 19.9 Å². The first-order valence-corrected chi connectivity index (χ1v) is 11.9. The third kappa shape index (κ3) is 5.38. The van der Waals surface area contributed by atoms with Gasteiger partial charge in [0.2, 0.25) is 5.95 Å². The van der Waals surface area contributed by atoms with Crippen LogP contribution < -0.4 is 10.6 Å². The van der Waals surface area contributed by atoms with Crippen molar-refractivity contribution >= 4 is 17.6 Å². The Morgan fingerprint density at radius 3 is 2.56 bits per heavy atom. The molecule has 180 valence electrons. The zero-order chi connectivity index (χ0) is 24.9. The molecule has 0 aliphatic carbocycles. The molecule has 2 aromatic carbocycles. The van der Waals surface area contributed by atoms with Gasteiger partial charge in [0.25, 0.3) is 0 Å². The monoisotopic (exact) mass is 476 g/mol. The van der Waals surface area contributed by atoms with Gasteiger partial charge < -0.3 is 15.2 Å². The third-order valence-electron chi connectivity index (χ3n) is 5.84. The van der Waals surface area contributed by atoms with E-state index in [-0.39, 0.29) is 6.04 Å². The Bertz CT molecular complexity index is 1460. The maximum Gasteiger partial charge on any atom is 0.224 e. The lowest BCUT2D eigenvalue weighted by atomic mass is 10.1. The van der Waals surface area contributed by atoms with Crippen molar-refractivity contribution in [2.45, 2.75) is 33.2 Å². The number of rotatable bonds is 8. The van der Waals surface area contributed by atoms with Crippen LogP contribution in [0.5, 0.6) is 0 Å². The average molecular weight is 477 g/mol. The van der Waals surface area contributed by atoms with Gasteiger partial charge in [-0.3, -0.25) is 0 Å². The van der Waals surface area contributed by atoms with Gasteiger partial charge in [0.15, 0.2) is 5.82 Å². The first kappa shape index (κ1) is 23.2. The molecular formula is C28H28N8. The van der Waals surface area contributed by atoms with Crippen LogP contribution in [0.15, 0.2) is 85.5 Å². The van der Waals surface area contributed by atoms with Gasteiger partial charge in [-0.1, -0.05) is 42.5 Å². The van der Waals surface area contributed by atoms with Gasteiger partial charge in [-0.15, -0.1) is 0 Å². The fraction of sp³-hybridized carbons (Fsp3) is 0.179. The van der Waals surface area contributed by atoms with Crippen LogP contribution in [-0.2, 0) is 6.42 Å². The van der Waals surface area contributed by atoms with Gasteiger partial charge in [0.05, 0.1) is 0 Å². The predicted octanol–water partition coefficient (Wildman–Crippen LogP) is 5.52. The van der Waals surface area contributed by atoms with Gasteiger partial charge >= 0.3 is 0 Å². The Balaban J connectivity index is 1.28. The van der Waals surface area contributed by atoms with Crippen molar-refractivity contribution in [2.75, 3.05) is 10.6 Å². The highest BCUT2D eigenvalue weighted by Gasteiger charge is 2.11. The molecule has 0 aliphatic heterocycles. The van der Waals surface area contributed by atoms with E-state index in [1.807, 2.05) is 68.8 Å². The zero-order valence-electron chi connectivity index (χ0n) is 20.6. The van der Waals surface area contributed by atoms with Gasteiger partial charge in [-0.05, 0) is 51.0 Å². The summed E-state index contributed by atoms with van der Waals surface area (Å²) in [6, 6.07) is 20.4. The molecule has 3 heterocycles. The molecule has 0 unspecified atom stereocenters. The average Bonchev–Trinajstić information content (AvgIpc) is 3.33. The van der Waals surface area contributed by atoms with Crippen molar-refractivity contribution in [3.63, 3.8) is 0 Å². The predicted molar refractivity (Wildman–Crippen MR) is 143 cm³/mol. The number of aromatic nitrogens is 6. The second-order valence-corrected chi connectivity index (χ2v) is 8.75. The van der Waals surface area contributed by atoms with Crippen molar-refractivity contribution in [1.29, 1.82) is 0 Å².